The number of carbonyl (C=O) groups is 1. The van der Waals surface area contributed by atoms with Crippen molar-refractivity contribution < 1.29 is 14.6 Å². The molecule has 27 heavy (non-hydrogen) atoms. The van der Waals surface area contributed by atoms with E-state index >= 15 is 0 Å². The highest BCUT2D eigenvalue weighted by atomic mass is 16.5. The van der Waals surface area contributed by atoms with Crippen LogP contribution in [0.25, 0.3) is 0 Å². The minimum absolute atomic E-state index is 0.171. The van der Waals surface area contributed by atoms with Gasteiger partial charge in [-0.25, -0.2) is 0 Å². The van der Waals surface area contributed by atoms with Crippen LogP contribution in [0.15, 0.2) is 48.5 Å². The van der Waals surface area contributed by atoms with Crippen LogP contribution >= 0.6 is 0 Å². The van der Waals surface area contributed by atoms with Gasteiger partial charge in [0.1, 0.15) is 5.75 Å². The van der Waals surface area contributed by atoms with E-state index in [1.807, 2.05) is 6.07 Å². The van der Waals surface area contributed by atoms with Crippen LogP contribution in [-0.2, 0) is 17.6 Å². The Kier molecular flexibility index (Phi) is 6.51. The minimum atomic E-state index is -0.715. The summed E-state index contributed by atoms with van der Waals surface area (Å²) in [7, 11) is 0. The Hall–Kier alpha value is -2.33. The van der Waals surface area contributed by atoms with Crippen molar-refractivity contribution in [1.82, 2.24) is 4.90 Å². The molecule has 0 aromatic heterocycles. The van der Waals surface area contributed by atoms with E-state index in [4.69, 9.17) is 4.74 Å². The lowest BCUT2D eigenvalue weighted by Crippen LogP contribution is -2.47. The minimum Gasteiger partial charge on any atom is -0.481 e. The topological polar surface area (TPSA) is 49.8 Å². The number of hydrogen-bond donors (Lipinski definition) is 1. The first kappa shape index (κ1) is 19.4. The van der Waals surface area contributed by atoms with Gasteiger partial charge in [0.05, 0.1) is 5.92 Å². The number of hydrogen-bond acceptors (Lipinski definition) is 3. The lowest BCUT2D eigenvalue weighted by atomic mass is 9.95. The fourth-order valence-corrected chi connectivity index (χ4v) is 3.80. The molecular weight excluding hydrogens is 338 g/mol. The summed E-state index contributed by atoms with van der Waals surface area (Å²) < 4.78 is 6.33. The van der Waals surface area contributed by atoms with Crippen LogP contribution in [0.2, 0.25) is 0 Å². The maximum Gasteiger partial charge on any atom is 0.306 e. The fraction of sp³-hybridized carbons (Fsp3) is 0.435. The maximum absolute atomic E-state index is 11.4. The van der Waals surface area contributed by atoms with Crippen molar-refractivity contribution in [2.45, 2.75) is 45.8 Å². The molecule has 2 aromatic carbocycles. The summed E-state index contributed by atoms with van der Waals surface area (Å²) in [4.78, 5) is 13.6. The number of ether oxygens (including phenoxy) is 1. The van der Waals surface area contributed by atoms with Crippen molar-refractivity contribution in [1.29, 1.82) is 0 Å². The molecular formula is C23H29NO3. The summed E-state index contributed by atoms with van der Waals surface area (Å²) in [6, 6.07) is 16.8. The van der Waals surface area contributed by atoms with Gasteiger partial charge in [0.15, 0.2) is 6.23 Å². The SMILES string of the molecule is CCc1cc(Cc2ccccc2)ccc1OC1CC(C(=O)O)CCN1CC. The van der Waals surface area contributed by atoms with Gasteiger partial charge in [-0.1, -0.05) is 56.3 Å². The molecule has 1 fully saturated rings. The number of aliphatic carboxylic acids is 1. The summed E-state index contributed by atoms with van der Waals surface area (Å²) in [6.45, 7) is 5.87. The van der Waals surface area contributed by atoms with Crippen LogP contribution in [0, 0.1) is 5.92 Å². The van der Waals surface area contributed by atoms with Gasteiger partial charge in [-0.3, -0.25) is 9.69 Å². The van der Waals surface area contributed by atoms with Crippen molar-refractivity contribution >= 4 is 5.97 Å². The van der Waals surface area contributed by atoms with Gasteiger partial charge < -0.3 is 9.84 Å². The van der Waals surface area contributed by atoms with E-state index in [0.717, 1.165) is 31.7 Å². The Bertz CT molecular complexity index is 759. The maximum atomic E-state index is 11.4. The second kappa shape index (κ2) is 9.05. The molecule has 0 amide bonds. The zero-order valence-corrected chi connectivity index (χ0v) is 16.2. The number of rotatable bonds is 7. The third-order valence-corrected chi connectivity index (χ3v) is 5.43. The molecule has 0 radical (unpaired) electrons. The van der Waals surface area contributed by atoms with Crippen molar-refractivity contribution in [3.63, 3.8) is 0 Å². The number of nitrogens with zero attached hydrogens (tertiary/aromatic N) is 1. The lowest BCUT2D eigenvalue weighted by Gasteiger charge is -2.37. The smallest absolute Gasteiger partial charge is 0.306 e. The number of aryl methyl sites for hydroxylation is 1. The molecule has 0 bridgehead atoms. The van der Waals surface area contributed by atoms with Crippen LogP contribution < -0.4 is 4.74 Å². The molecule has 2 atom stereocenters. The zero-order valence-electron chi connectivity index (χ0n) is 16.2. The second-order valence-electron chi connectivity index (χ2n) is 7.22. The van der Waals surface area contributed by atoms with Gasteiger partial charge in [0.25, 0.3) is 0 Å². The monoisotopic (exact) mass is 367 g/mol. The first-order valence-corrected chi connectivity index (χ1v) is 9.90. The molecule has 1 aliphatic heterocycles. The Labute approximate surface area is 161 Å². The Balaban J connectivity index is 1.76. The van der Waals surface area contributed by atoms with Crippen LogP contribution in [0.1, 0.15) is 43.4 Å². The summed E-state index contributed by atoms with van der Waals surface area (Å²) in [5, 5.41) is 9.38. The molecule has 2 aromatic rings. The summed E-state index contributed by atoms with van der Waals surface area (Å²) in [5.74, 6) is -0.155. The van der Waals surface area contributed by atoms with E-state index in [2.05, 4.69) is 61.2 Å². The number of carboxylic acids is 1. The van der Waals surface area contributed by atoms with Gasteiger partial charge in [-0.05, 0) is 48.6 Å². The van der Waals surface area contributed by atoms with E-state index in [-0.39, 0.29) is 12.1 Å². The average Bonchev–Trinajstić information content (AvgIpc) is 2.69. The van der Waals surface area contributed by atoms with Crippen molar-refractivity contribution in [3.8, 4) is 5.75 Å². The molecule has 0 aliphatic carbocycles. The summed E-state index contributed by atoms with van der Waals surface area (Å²) >= 11 is 0. The van der Waals surface area contributed by atoms with Crippen LogP contribution in [0.5, 0.6) is 5.75 Å². The van der Waals surface area contributed by atoms with E-state index in [9.17, 15) is 9.90 Å². The Morgan fingerprint density at radius 1 is 1.15 bits per heavy atom. The van der Waals surface area contributed by atoms with Gasteiger partial charge in [0.2, 0.25) is 0 Å². The van der Waals surface area contributed by atoms with Crippen LogP contribution in [0.4, 0.5) is 0 Å². The Morgan fingerprint density at radius 3 is 2.59 bits per heavy atom. The highest BCUT2D eigenvalue weighted by molar-refractivity contribution is 5.70. The first-order valence-electron chi connectivity index (χ1n) is 9.90. The number of benzene rings is 2. The van der Waals surface area contributed by atoms with Crippen molar-refractivity contribution in [2.75, 3.05) is 13.1 Å². The standard InChI is InChI=1S/C23H29NO3/c1-3-19-15-18(14-17-8-6-5-7-9-17)10-11-21(19)27-22-16-20(23(25)26)12-13-24(22)4-2/h5-11,15,20,22H,3-4,12-14,16H2,1-2H3,(H,25,26). The molecule has 4 nitrogen and oxygen atoms in total. The van der Waals surface area contributed by atoms with E-state index in [1.165, 1.54) is 16.7 Å². The number of carboxylic acid groups (broad SMARTS) is 1. The van der Waals surface area contributed by atoms with E-state index < -0.39 is 5.97 Å². The fourth-order valence-electron chi connectivity index (χ4n) is 3.80. The van der Waals surface area contributed by atoms with Gasteiger partial charge in [-0.2, -0.15) is 0 Å². The zero-order chi connectivity index (χ0) is 19.2. The Morgan fingerprint density at radius 2 is 1.93 bits per heavy atom. The highest BCUT2D eigenvalue weighted by Gasteiger charge is 2.33. The van der Waals surface area contributed by atoms with Gasteiger partial charge in [-0.15, -0.1) is 0 Å². The molecule has 4 heteroatoms. The quantitative estimate of drug-likeness (QED) is 0.790. The lowest BCUT2D eigenvalue weighted by molar-refractivity contribution is -0.146. The summed E-state index contributed by atoms with van der Waals surface area (Å²) in [5.41, 5.74) is 3.74. The van der Waals surface area contributed by atoms with Crippen LogP contribution in [-0.4, -0.2) is 35.3 Å². The third-order valence-electron chi connectivity index (χ3n) is 5.43. The molecule has 1 heterocycles. The third kappa shape index (κ3) is 4.89. The molecule has 144 valence electrons. The second-order valence-corrected chi connectivity index (χ2v) is 7.22. The largest absolute Gasteiger partial charge is 0.481 e. The molecule has 0 saturated carbocycles. The van der Waals surface area contributed by atoms with E-state index in [0.29, 0.717) is 12.8 Å². The molecule has 1 N–H and O–H groups in total. The molecule has 1 aliphatic rings. The highest BCUT2D eigenvalue weighted by Crippen LogP contribution is 2.29. The molecule has 0 spiro atoms. The van der Waals surface area contributed by atoms with Crippen molar-refractivity contribution in [3.05, 3.63) is 65.2 Å². The van der Waals surface area contributed by atoms with E-state index in [1.54, 1.807) is 0 Å². The molecule has 3 rings (SSSR count). The first-order chi connectivity index (χ1) is 13.1. The molecule has 1 saturated heterocycles. The van der Waals surface area contributed by atoms with Gasteiger partial charge >= 0.3 is 5.97 Å². The number of likely N-dealkylation sites (tertiary alicyclic amines) is 1. The van der Waals surface area contributed by atoms with Gasteiger partial charge in [0, 0.05) is 13.0 Å². The molecule has 2 unspecified atom stereocenters. The average molecular weight is 367 g/mol. The number of piperidine rings is 1. The van der Waals surface area contributed by atoms with Crippen molar-refractivity contribution in [2.24, 2.45) is 5.92 Å². The normalized spacial score (nSPS) is 20.4. The van der Waals surface area contributed by atoms with Crippen LogP contribution in [0.3, 0.4) is 0 Å². The predicted molar refractivity (Wildman–Crippen MR) is 107 cm³/mol. The summed E-state index contributed by atoms with van der Waals surface area (Å²) in [6.07, 6.45) is 2.85. The predicted octanol–water partition coefficient (Wildman–Crippen LogP) is 4.36.